The van der Waals surface area contributed by atoms with Gasteiger partial charge < -0.3 is 9.73 Å². The molecule has 2 aromatic rings. The summed E-state index contributed by atoms with van der Waals surface area (Å²) < 4.78 is 28.8. The Balaban J connectivity index is 2.02. The van der Waals surface area contributed by atoms with Gasteiger partial charge in [-0.3, -0.25) is 4.79 Å². The molecular weight excluding hydrogens is 294 g/mol. The number of nitrogens with one attached hydrogen (secondary N) is 2. The van der Waals surface area contributed by atoms with Crippen LogP contribution in [0, 0.1) is 0 Å². The maximum absolute atomic E-state index is 11.9. The summed E-state index contributed by atoms with van der Waals surface area (Å²) in [6.07, 6.45) is 2.53. The van der Waals surface area contributed by atoms with E-state index in [0.29, 0.717) is 11.4 Å². The molecule has 7 nitrogen and oxygen atoms in total. The van der Waals surface area contributed by atoms with E-state index in [4.69, 9.17) is 4.42 Å². The van der Waals surface area contributed by atoms with Crippen molar-refractivity contribution in [2.45, 2.75) is 11.8 Å². The highest BCUT2D eigenvalue weighted by Crippen LogP contribution is 2.11. The van der Waals surface area contributed by atoms with Crippen molar-refractivity contribution >= 4 is 27.8 Å². The molecule has 0 radical (unpaired) electrons. The van der Waals surface area contributed by atoms with Gasteiger partial charge in [-0.1, -0.05) is 18.2 Å². The van der Waals surface area contributed by atoms with Crippen LogP contribution < -0.4 is 10.1 Å². The van der Waals surface area contributed by atoms with Crippen molar-refractivity contribution in [2.75, 3.05) is 5.32 Å². The molecule has 1 aromatic heterocycles. The van der Waals surface area contributed by atoms with Gasteiger partial charge in [0.1, 0.15) is 12.0 Å². The summed E-state index contributed by atoms with van der Waals surface area (Å²) in [6, 6.07) is 9.38. The van der Waals surface area contributed by atoms with Crippen LogP contribution in [-0.2, 0) is 14.8 Å². The average Bonchev–Trinajstić information content (AvgIpc) is 2.86. The Morgan fingerprint density at radius 3 is 2.67 bits per heavy atom. The van der Waals surface area contributed by atoms with Crippen LogP contribution in [0.3, 0.4) is 0 Å². The lowest BCUT2D eigenvalue weighted by atomic mass is 10.4. The zero-order valence-electron chi connectivity index (χ0n) is 11.1. The fourth-order valence-corrected chi connectivity index (χ4v) is 2.31. The average molecular weight is 307 g/mol. The molecule has 21 heavy (non-hydrogen) atoms. The SMILES string of the molecule is CC(=O)Nc1coc(/C=N/NS(=O)(=O)c2ccccc2)c1. The minimum Gasteiger partial charge on any atom is -0.461 e. The number of hydrogen-bond donors (Lipinski definition) is 2. The number of hydrogen-bond acceptors (Lipinski definition) is 5. The highest BCUT2D eigenvalue weighted by Gasteiger charge is 2.11. The fraction of sp³-hybridized carbons (Fsp3) is 0.0769. The summed E-state index contributed by atoms with van der Waals surface area (Å²) in [7, 11) is -3.70. The molecule has 0 aliphatic heterocycles. The van der Waals surface area contributed by atoms with E-state index in [1.165, 1.54) is 37.6 Å². The smallest absolute Gasteiger partial charge is 0.276 e. The number of rotatable bonds is 5. The largest absolute Gasteiger partial charge is 0.461 e. The third kappa shape index (κ3) is 4.18. The maximum Gasteiger partial charge on any atom is 0.276 e. The van der Waals surface area contributed by atoms with Gasteiger partial charge in [0.15, 0.2) is 0 Å². The van der Waals surface area contributed by atoms with Crippen LogP contribution in [0.4, 0.5) is 5.69 Å². The minimum atomic E-state index is -3.70. The second kappa shape index (κ2) is 6.23. The number of hydrazone groups is 1. The van der Waals surface area contributed by atoms with E-state index in [-0.39, 0.29) is 10.8 Å². The molecule has 110 valence electrons. The van der Waals surface area contributed by atoms with Crippen LogP contribution in [0.15, 0.2) is 57.1 Å². The van der Waals surface area contributed by atoms with Crippen LogP contribution in [0.1, 0.15) is 12.7 Å². The van der Waals surface area contributed by atoms with Crippen molar-refractivity contribution in [3.8, 4) is 0 Å². The standard InChI is InChI=1S/C13H13N3O4S/c1-10(17)15-11-7-12(20-9-11)8-14-16-21(18,19)13-5-3-2-4-6-13/h2-9,16H,1H3,(H,15,17)/b14-8+. The Bertz CT molecular complexity index is 751. The lowest BCUT2D eigenvalue weighted by Gasteiger charge is -2.01. The number of anilines is 1. The first-order valence-electron chi connectivity index (χ1n) is 5.93. The highest BCUT2D eigenvalue weighted by molar-refractivity contribution is 7.89. The lowest BCUT2D eigenvalue weighted by Crippen LogP contribution is -2.18. The zero-order chi connectivity index (χ0) is 15.3. The normalized spacial score (nSPS) is 11.5. The predicted octanol–water partition coefficient (Wildman–Crippen LogP) is 1.55. The lowest BCUT2D eigenvalue weighted by molar-refractivity contribution is -0.114. The molecule has 8 heteroatoms. The van der Waals surface area contributed by atoms with E-state index < -0.39 is 10.0 Å². The van der Waals surface area contributed by atoms with Gasteiger partial charge in [-0.05, 0) is 12.1 Å². The molecule has 0 saturated heterocycles. The zero-order valence-corrected chi connectivity index (χ0v) is 11.9. The van der Waals surface area contributed by atoms with Crippen molar-refractivity contribution in [1.82, 2.24) is 4.83 Å². The first-order chi connectivity index (χ1) is 9.97. The fourth-order valence-electron chi connectivity index (χ4n) is 1.50. The Morgan fingerprint density at radius 2 is 2.00 bits per heavy atom. The molecule has 2 N–H and O–H groups in total. The third-order valence-electron chi connectivity index (χ3n) is 2.36. The molecule has 0 bridgehead atoms. The van der Waals surface area contributed by atoms with E-state index >= 15 is 0 Å². The van der Waals surface area contributed by atoms with Crippen molar-refractivity contribution in [3.63, 3.8) is 0 Å². The summed E-state index contributed by atoms with van der Waals surface area (Å²) in [6.45, 7) is 1.37. The molecule has 0 fully saturated rings. The monoisotopic (exact) mass is 307 g/mol. The molecule has 1 heterocycles. The van der Waals surface area contributed by atoms with Crippen molar-refractivity contribution in [2.24, 2.45) is 5.10 Å². The van der Waals surface area contributed by atoms with Gasteiger partial charge in [-0.2, -0.15) is 18.4 Å². The molecule has 0 aliphatic rings. The number of carbonyl (C=O) groups excluding carboxylic acids is 1. The van der Waals surface area contributed by atoms with Crippen LogP contribution in [0.2, 0.25) is 0 Å². The van der Waals surface area contributed by atoms with Crippen LogP contribution in [-0.4, -0.2) is 20.5 Å². The Hall–Kier alpha value is -2.61. The van der Waals surface area contributed by atoms with Gasteiger partial charge >= 0.3 is 0 Å². The summed E-state index contributed by atoms with van der Waals surface area (Å²) in [4.78, 5) is 13.0. The molecule has 0 unspecified atom stereocenters. The van der Waals surface area contributed by atoms with Crippen LogP contribution in [0.25, 0.3) is 0 Å². The van der Waals surface area contributed by atoms with Crippen LogP contribution in [0.5, 0.6) is 0 Å². The van der Waals surface area contributed by atoms with Crippen LogP contribution >= 0.6 is 0 Å². The number of furan rings is 1. The van der Waals surface area contributed by atoms with Crippen molar-refractivity contribution < 1.29 is 17.6 Å². The third-order valence-corrected chi connectivity index (χ3v) is 3.60. The molecule has 0 spiro atoms. The van der Waals surface area contributed by atoms with Crippen molar-refractivity contribution in [1.29, 1.82) is 0 Å². The number of carbonyl (C=O) groups is 1. The topological polar surface area (TPSA) is 101 Å². The summed E-state index contributed by atoms with van der Waals surface area (Å²) >= 11 is 0. The van der Waals surface area contributed by atoms with Gasteiger partial charge in [0.05, 0.1) is 16.8 Å². The number of nitrogens with zero attached hydrogens (tertiary/aromatic N) is 1. The number of benzene rings is 1. The molecule has 2 rings (SSSR count). The van der Waals surface area contributed by atoms with E-state index in [9.17, 15) is 13.2 Å². The second-order valence-corrected chi connectivity index (χ2v) is 5.75. The van der Waals surface area contributed by atoms with E-state index in [2.05, 4.69) is 15.2 Å². The van der Waals surface area contributed by atoms with E-state index in [1.54, 1.807) is 18.2 Å². The molecular formula is C13H13N3O4S. The van der Waals surface area contributed by atoms with Gasteiger partial charge in [0.25, 0.3) is 10.0 Å². The first kappa shape index (κ1) is 14.8. The molecule has 0 atom stereocenters. The maximum atomic E-state index is 11.9. The van der Waals surface area contributed by atoms with Crippen molar-refractivity contribution in [3.05, 3.63) is 48.4 Å². The summed E-state index contributed by atoms with van der Waals surface area (Å²) in [5, 5.41) is 6.14. The number of amides is 1. The summed E-state index contributed by atoms with van der Waals surface area (Å²) in [5.74, 6) is 0.0681. The van der Waals surface area contributed by atoms with E-state index in [0.717, 1.165) is 0 Å². The molecule has 1 amide bonds. The minimum absolute atomic E-state index is 0.112. The summed E-state index contributed by atoms with van der Waals surface area (Å²) in [5.41, 5.74) is 0.467. The molecule has 1 aromatic carbocycles. The molecule has 0 saturated carbocycles. The quantitative estimate of drug-likeness (QED) is 0.646. The Labute approximate surface area is 121 Å². The van der Waals surface area contributed by atoms with Gasteiger partial charge in [0.2, 0.25) is 5.91 Å². The van der Waals surface area contributed by atoms with Gasteiger partial charge in [0, 0.05) is 13.0 Å². The molecule has 0 aliphatic carbocycles. The first-order valence-corrected chi connectivity index (χ1v) is 7.42. The number of sulfonamides is 1. The van der Waals surface area contributed by atoms with Gasteiger partial charge in [-0.25, -0.2) is 0 Å². The van der Waals surface area contributed by atoms with Gasteiger partial charge in [-0.15, -0.1) is 0 Å². The predicted molar refractivity (Wildman–Crippen MR) is 77.4 cm³/mol. The second-order valence-electron chi connectivity index (χ2n) is 4.08. The highest BCUT2D eigenvalue weighted by atomic mass is 32.2. The Kier molecular flexibility index (Phi) is 4.39. The Morgan fingerprint density at radius 1 is 1.29 bits per heavy atom. The van der Waals surface area contributed by atoms with E-state index in [1.807, 2.05) is 0 Å².